The van der Waals surface area contributed by atoms with Gasteiger partial charge in [-0.05, 0) is 111 Å². The van der Waals surface area contributed by atoms with E-state index < -0.39 is 4.92 Å². The maximum atomic E-state index is 10.1. The first-order valence-corrected chi connectivity index (χ1v) is 30.7. The molecule has 0 aromatic heterocycles. The van der Waals surface area contributed by atoms with Crippen LogP contribution in [0.3, 0.4) is 0 Å². The summed E-state index contributed by atoms with van der Waals surface area (Å²) in [6.07, 6.45) is 11.5. The fourth-order valence-electron chi connectivity index (χ4n) is 7.56. The number of rotatable bonds is 15. The van der Waals surface area contributed by atoms with Crippen LogP contribution < -0.4 is 42.4 Å². The van der Waals surface area contributed by atoms with Gasteiger partial charge >= 0.3 is 27.0 Å². The van der Waals surface area contributed by atoms with Gasteiger partial charge in [0.05, 0.1) is 4.92 Å². The van der Waals surface area contributed by atoms with E-state index in [1.54, 1.807) is 0 Å². The van der Waals surface area contributed by atoms with Crippen LogP contribution in [0.5, 0.6) is 0 Å². The molecule has 0 spiro atoms. The second-order valence-electron chi connectivity index (χ2n) is 15.2. The normalized spacial score (nSPS) is 10.4. The molecule has 0 atom stereocenters. The molecule has 9 rings (SSSR count). The molecule has 9 aromatic rings. The minimum Gasteiger partial charge on any atom is -0.0622 e. The number of hydrogen-bond acceptors (Lipinski definition) is 2. The van der Waals surface area contributed by atoms with Crippen LogP contribution in [0.25, 0.3) is 0 Å². The quantitative estimate of drug-likeness (QED) is 0.0256. The van der Waals surface area contributed by atoms with Crippen molar-refractivity contribution in [1.29, 1.82) is 0 Å². The van der Waals surface area contributed by atoms with Gasteiger partial charge in [-0.25, -0.2) is 0 Å². The average Bonchev–Trinajstić information content (AvgIpc) is 3.44. The summed E-state index contributed by atoms with van der Waals surface area (Å²) in [5, 5.41) is 21.9. The Morgan fingerprint density at radius 1 is 0.348 bits per heavy atom. The largest absolute Gasteiger partial charge is 0.0622 e. The molecule has 9 aromatic carbocycles. The summed E-state index contributed by atoms with van der Waals surface area (Å²) >= 11 is 1.82. The van der Waals surface area contributed by atoms with Gasteiger partial charge in [0, 0.05) is 0 Å². The molecule has 0 fully saturated rings. The third-order valence-electron chi connectivity index (χ3n) is 10.9. The van der Waals surface area contributed by atoms with E-state index in [-0.39, 0.29) is 37.4 Å². The van der Waals surface area contributed by atoms with E-state index in [4.69, 9.17) is 6.42 Å². The Morgan fingerprint density at radius 2 is 0.522 bits per heavy atom. The van der Waals surface area contributed by atoms with Crippen molar-refractivity contribution >= 4 is 89.5 Å². The predicted octanol–water partition coefficient (Wildman–Crippen LogP) is 12.7. The fourth-order valence-corrected chi connectivity index (χ4v) is 18.3. The summed E-state index contributed by atoms with van der Waals surface area (Å²) in [6.45, 7) is 0. The minimum atomic E-state index is -0.478. The van der Waals surface area contributed by atoms with Gasteiger partial charge in [-0.1, -0.05) is 243 Å². The number of hydrogen-bond donors (Lipinski definition) is 0. The molecule has 0 saturated heterocycles. The molecular weight excluding hydrogens is 1030 g/mol. The molecule has 0 aliphatic heterocycles. The Bertz CT molecular complexity index is 2340. The van der Waals surface area contributed by atoms with Crippen molar-refractivity contribution in [2.75, 3.05) is 24.6 Å². The number of nitro groups is 1. The zero-order valence-electron chi connectivity index (χ0n) is 38.0. The topological polar surface area (TPSA) is 43.1 Å². The first-order chi connectivity index (χ1) is 34.1. The fraction of sp³-hybridized carbons (Fsp3) is 0.0667. The number of benzene rings is 9. The average molecular weight is 1080 g/mol. The smallest absolute Gasteiger partial charge is 0.0195 e. The third kappa shape index (κ3) is 16.9. The second kappa shape index (κ2) is 30.2. The van der Waals surface area contributed by atoms with E-state index >= 15 is 0 Å². The zero-order valence-corrected chi connectivity index (χ0v) is 44.1. The predicted molar refractivity (Wildman–Crippen MR) is 301 cm³/mol. The van der Waals surface area contributed by atoms with E-state index in [0.29, 0.717) is 5.56 Å². The molecule has 0 saturated carbocycles. The molecule has 0 amide bonds. The molecule has 0 aliphatic carbocycles. The van der Waals surface area contributed by atoms with Gasteiger partial charge in [-0.3, -0.25) is 16.0 Å². The minimum absolute atomic E-state index is 0.0315. The van der Waals surface area contributed by atoms with Crippen LogP contribution in [0.1, 0.15) is 5.56 Å². The van der Waals surface area contributed by atoms with Crippen LogP contribution in [0.15, 0.2) is 267 Å². The summed E-state index contributed by atoms with van der Waals surface area (Å²) in [7, 11) is 3.18. The first-order valence-electron chi connectivity index (χ1n) is 22.4. The number of nitro benzene ring substituents is 1. The molecule has 0 radical (unpaired) electrons. The zero-order chi connectivity index (χ0) is 48.3. The van der Waals surface area contributed by atoms with Crippen LogP contribution in [-0.4, -0.2) is 29.6 Å². The molecule has 0 bridgehead atoms. The van der Waals surface area contributed by atoms with E-state index in [9.17, 15) is 10.1 Å². The van der Waals surface area contributed by atoms with E-state index in [2.05, 4.69) is 258 Å². The molecule has 0 aliphatic rings. The van der Waals surface area contributed by atoms with Gasteiger partial charge in [0.25, 0.3) is 5.69 Å². The van der Waals surface area contributed by atoms with Crippen molar-refractivity contribution in [3.63, 3.8) is 0 Å². The van der Waals surface area contributed by atoms with Gasteiger partial charge in [0.15, 0.2) is 0 Å². The molecule has 69 heavy (non-hydrogen) atoms. The van der Waals surface area contributed by atoms with Gasteiger partial charge in [0.2, 0.25) is 0 Å². The first kappa shape index (κ1) is 52.9. The third-order valence-corrected chi connectivity index (χ3v) is 21.6. The second-order valence-corrected chi connectivity index (χ2v) is 24.6. The van der Waals surface area contributed by atoms with Crippen LogP contribution in [-0.2, 0) is 17.3 Å². The van der Waals surface area contributed by atoms with Crippen molar-refractivity contribution in [3.8, 4) is 5.92 Å². The van der Waals surface area contributed by atoms with Crippen molar-refractivity contribution in [2.24, 2.45) is 0 Å². The molecule has 0 unspecified atom stereocenters. The van der Waals surface area contributed by atoms with Crippen molar-refractivity contribution < 1.29 is 22.2 Å². The molecular formula is C60H52ClNO2P4Ru. The Labute approximate surface area is 428 Å². The summed E-state index contributed by atoms with van der Waals surface area (Å²) in [6, 6.07) is 94.1. The molecule has 0 heterocycles. The number of halogens is 1. The van der Waals surface area contributed by atoms with Crippen molar-refractivity contribution in [3.05, 3.63) is 289 Å². The summed E-state index contributed by atoms with van der Waals surface area (Å²) < 4.78 is 0. The maximum absolute atomic E-state index is 10.1. The monoisotopic (exact) mass is 1080 g/mol. The number of non-ortho nitro benzene ring substituents is 1. The molecule has 3 nitrogen and oxygen atoms in total. The van der Waals surface area contributed by atoms with Crippen LogP contribution in [0.4, 0.5) is 5.69 Å². The molecule has 9 heteroatoms. The SMILES string of the molecule is [C-]#Cc1ccc([N+](=O)[O-])cc1.[Cl][Ru+].c1ccc(P(CCP(c2ccccc2)c2ccccc2)c2ccccc2)cc1.c1ccc(P(CCP(c2ccccc2)c2ccccc2)c2ccccc2)cc1. The van der Waals surface area contributed by atoms with E-state index in [1.165, 1.54) is 91.3 Å². The molecule has 0 N–H and O–H groups in total. The number of nitrogens with zero attached hydrogens (tertiary/aromatic N) is 1. The maximum Gasteiger partial charge on any atom is -0.0195 e. The standard InChI is InChI=1S/2C26H24P2.C8H4NO2.ClH.Ru/c2*1-5-13-23(14-6-1)27(24-15-7-2-8-16-24)21-22-28(25-17-9-3-10-18-25)26-19-11-4-12-20-26;1-2-7-3-5-8(6-4-7)9(10)11;;/h2*1-20H,21-22H2;3-6H;1H;/q;;-1;;+2/p-1. The van der Waals surface area contributed by atoms with Gasteiger partial charge in [0.1, 0.15) is 0 Å². The van der Waals surface area contributed by atoms with Crippen LogP contribution in [0, 0.1) is 22.5 Å². The Morgan fingerprint density at radius 3 is 0.667 bits per heavy atom. The Balaban J connectivity index is 0.000000181. The van der Waals surface area contributed by atoms with Gasteiger partial charge in [-0.15, -0.1) is 17.7 Å². The summed E-state index contributed by atoms with van der Waals surface area (Å²) in [4.78, 5) is 9.66. The Hall–Kier alpha value is -5.43. The van der Waals surface area contributed by atoms with Crippen molar-refractivity contribution in [2.45, 2.75) is 0 Å². The van der Waals surface area contributed by atoms with E-state index in [0.717, 1.165) is 0 Å². The van der Waals surface area contributed by atoms with Crippen LogP contribution >= 0.6 is 41.4 Å². The van der Waals surface area contributed by atoms with Gasteiger partial charge < -0.3 is 6.42 Å². The Kier molecular flexibility index (Phi) is 23.2. The summed E-state index contributed by atoms with van der Waals surface area (Å²) in [5.41, 5.74) is 0.569. The van der Waals surface area contributed by atoms with Crippen LogP contribution in [0.2, 0.25) is 0 Å². The molecule has 344 valence electrons. The van der Waals surface area contributed by atoms with Gasteiger partial charge in [-0.2, -0.15) is 0 Å². The summed E-state index contributed by atoms with van der Waals surface area (Å²) in [5.74, 6) is 2.12. The van der Waals surface area contributed by atoms with E-state index in [1.807, 2.05) is 17.3 Å². The van der Waals surface area contributed by atoms with Crippen molar-refractivity contribution in [1.82, 2.24) is 0 Å².